The number of nitrogens with zero attached hydrogens (tertiary/aromatic N) is 4. The highest BCUT2D eigenvalue weighted by Gasteiger charge is 2.33. The number of likely N-dealkylation sites (tertiary alicyclic amines) is 1. The van der Waals surface area contributed by atoms with Crippen LogP contribution >= 0.6 is 0 Å². The van der Waals surface area contributed by atoms with Gasteiger partial charge in [-0.25, -0.2) is 4.39 Å². The summed E-state index contributed by atoms with van der Waals surface area (Å²) in [5, 5.41) is 17.1. The summed E-state index contributed by atoms with van der Waals surface area (Å²) >= 11 is 0. The maximum atomic E-state index is 13.8. The van der Waals surface area contributed by atoms with E-state index in [0.717, 1.165) is 57.4 Å². The van der Waals surface area contributed by atoms with Crippen LogP contribution in [0.2, 0.25) is 0 Å². The number of rotatable bonds is 8. The van der Waals surface area contributed by atoms with Gasteiger partial charge in [0.1, 0.15) is 18.0 Å². The largest absolute Gasteiger partial charge is 0.359 e. The van der Waals surface area contributed by atoms with Gasteiger partial charge in [-0.15, -0.1) is 0 Å². The number of carbonyl (C=O) groups excluding carboxylic acids is 1. The number of halogens is 1. The summed E-state index contributed by atoms with van der Waals surface area (Å²) < 4.78 is 15.8. The molecular weight excluding hydrogens is 579 g/mol. The molecule has 2 aliphatic rings. The molecule has 0 radical (unpaired) electrons. The monoisotopic (exact) mass is 618 g/mol. The van der Waals surface area contributed by atoms with Crippen molar-refractivity contribution in [3.8, 4) is 11.1 Å². The zero-order chi connectivity index (χ0) is 31.8. The third-order valence-electron chi connectivity index (χ3n) is 9.51. The number of benzene rings is 3. The number of piperidine rings is 1. The number of amides is 1. The molecule has 2 aromatic heterocycles. The van der Waals surface area contributed by atoms with Gasteiger partial charge in [0.25, 0.3) is 0 Å². The number of aromatic nitrogens is 3. The molecule has 5 aromatic rings. The zero-order valence-corrected chi connectivity index (χ0v) is 25.9. The second kappa shape index (κ2) is 12.5. The van der Waals surface area contributed by atoms with Gasteiger partial charge in [-0.3, -0.25) is 14.9 Å². The Morgan fingerprint density at radius 2 is 1.93 bits per heavy atom. The number of hydrogen-bond acceptors (Lipinski definition) is 5. The smallest absolute Gasteiger partial charge is 0.244 e. The molecule has 2 atom stereocenters. The first kappa shape index (κ1) is 29.9. The minimum absolute atomic E-state index is 0.0495. The molecule has 46 heavy (non-hydrogen) atoms. The highest BCUT2D eigenvalue weighted by molar-refractivity contribution is 5.85. The van der Waals surface area contributed by atoms with Gasteiger partial charge < -0.3 is 25.8 Å². The molecule has 236 valence electrons. The Labute approximate surface area is 267 Å². The van der Waals surface area contributed by atoms with Crippen LogP contribution in [0.15, 0.2) is 79.0 Å². The summed E-state index contributed by atoms with van der Waals surface area (Å²) in [7, 11) is 1.80. The van der Waals surface area contributed by atoms with Crippen molar-refractivity contribution in [2.24, 2.45) is 5.73 Å². The number of fused-ring (bicyclic) bond motifs is 2. The number of H-pyrrole nitrogens is 1. The summed E-state index contributed by atoms with van der Waals surface area (Å²) in [6, 6.07) is 23.1. The zero-order valence-electron chi connectivity index (χ0n) is 25.9. The van der Waals surface area contributed by atoms with Crippen molar-refractivity contribution in [1.82, 2.24) is 29.9 Å². The van der Waals surface area contributed by atoms with Gasteiger partial charge in [0.15, 0.2) is 0 Å². The Morgan fingerprint density at radius 1 is 1.13 bits per heavy atom. The van der Waals surface area contributed by atoms with Crippen molar-refractivity contribution in [1.29, 1.82) is 5.41 Å². The molecule has 2 aliphatic heterocycles. The van der Waals surface area contributed by atoms with Crippen molar-refractivity contribution in [2.75, 3.05) is 26.7 Å². The van der Waals surface area contributed by atoms with E-state index < -0.39 is 12.2 Å². The highest BCUT2D eigenvalue weighted by atomic mass is 19.1. The average molecular weight is 619 g/mol. The van der Waals surface area contributed by atoms with Gasteiger partial charge in [-0.2, -0.15) is 5.10 Å². The average Bonchev–Trinajstić information content (AvgIpc) is 3.71. The maximum absolute atomic E-state index is 13.8. The normalized spacial score (nSPS) is 17.5. The standard InChI is InChI=1S/C36H39FN8O/c1-43(22-38)35(39)33-30(25-7-8-27-21-45(42-32(27)18-25)20-23-5-3-2-4-6-23)19-31(41-33)24-12-15-44(16-13-24)36(46)34-29-10-9-28(37)17-26(29)11-14-40-34/h2-10,17-19,21-22,24,34-35,38,40-41H,11-16,20,39H2,1H3. The van der Waals surface area contributed by atoms with Crippen LogP contribution in [0.5, 0.6) is 0 Å². The highest BCUT2D eigenvalue weighted by Crippen LogP contribution is 2.37. The Morgan fingerprint density at radius 3 is 2.72 bits per heavy atom. The van der Waals surface area contributed by atoms with Crippen LogP contribution in [0.4, 0.5) is 4.39 Å². The van der Waals surface area contributed by atoms with Gasteiger partial charge in [0.2, 0.25) is 5.91 Å². The molecule has 5 N–H and O–H groups in total. The van der Waals surface area contributed by atoms with Crippen LogP contribution in [-0.4, -0.2) is 63.5 Å². The Kier molecular flexibility index (Phi) is 8.14. The van der Waals surface area contributed by atoms with E-state index in [0.29, 0.717) is 32.6 Å². The summed E-state index contributed by atoms with van der Waals surface area (Å²) in [6.07, 6.45) is 5.11. The molecular formula is C36H39FN8O. The second-order valence-electron chi connectivity index (χ2n) is 12.5. The molecule has 3 aromatic carbocycles. The molecule has 1 amide bonds. The van der Waals surface area contributed by atoms with Crippen molar-refractivity contribution < 1.29 is 9.18 Å². The Hall–Kier alpha value is -4.80. The fourth-order valence-corrected chi connectivity index (χ4v) is 6.90. The first-order valence-corrected chi connectivity index (χ1v) is 15.9. The second-order valence-corrected chi connectivity index (χ2v) is 12.5. The van der Waals surface area contributed by atoms with Crippen LogP contribution in [0.3, 0.4) is 0 Å². The van der Waals surface area contributed by atoms with E-state index in [1.807, 2.05) is 27.8 Å². The van der Waals surface area contributed by atoms with Crippen molar-refractivity contribution >= 4 is 23.1 Å². The molecule has 7 rings (SSSR count). The summed E-state index contributed by atoms with van der Waals surface area (Å²) in [6.45, 7) is 2.63. The lowest BCUT2D eigenvalue weighted by atomic mass is 9.90. The van der Waals surface area contributed by atoms with Gasteiger partial charge in [-0.05, 0) is 65.8 Å². The number of nitrogens with two attached hydrogens (primary N) is 1. The minimum Gasteiger partial charge on any atom is -0.359 e. The van der Waals surface area contributed by atoms with Crippen molar-refractivity contribution in [2.45, 2.75) is 43.9 Å². The lowest BCUT2D eigenvalue weighted by molar-refractivity contribution is -0.134. The molecule has 0 saturated carbocycles. The summed E-state index contributed by atoms with van der Waals surface area (Å²) in [4.78, 5) is 20.8. The predicted molar refractivity (Wildman–Crippen MR) is 178 cm³/mol. The molecule has 2 unspecified atom stereocenters. The SMILES string of the molecule is CN(C=N)C(N)c1[nH]c(C2CCN(C(=O)C3NCCc4cc(F)ccc43)CC2)cc1-c1ccc2cn(Cc3ccccc3)nc2c1. The molecule has 0 bridgehead atoms. The van der Waals surface area contributed by atoms with Crippen LogP contribution < -0.4 is 11.1 Å². The van der Waals surface area contributed by atoms with E-state index in [2.05, 4.69) is 52.9 Å². The van der Waals surface area contributed by atoms with E-state index >= 15 is 0 Å². The van der Waals surface area contributed by atoms with E-state index in [1.165, 1.54) is 18.0 Å². The molecule has 1 fully saturated rings. The first-order valence-electron chi connectivity index (χ1n) is 15.9. The number of nitrogens with one attached hydrogen (secondary N) is 3. The van der Waals surface area contributed by atoms with Gasteiger partial charge in [0, 0.05) is 55.4 Å². The van der Waals surface area contributed by atoms with Crippen LogP contribution in [-0.2, 0) is 17.8 Å². The third kappa shape index (κ3) is 5.81. The lowest BCUT2D eigenvalue weighted by Crippen LogP contribution is -2.46. The van der Waals surface area contributed by atoms with Gasteiger partial charge in [-0.1, -0.05) is 48.5 Å². The summed E-state index contributed by atoms with van der Waals surface area (Å²) in [5.41, 5.74) is 14.5. The van der Waals surface area contributed by atoms with E-state index in [4.69, 9.17) is 16.2 Å². The Bertz CT molecular complexity index is 1870. The number of carbonyl (C=O) groups is 1. The number of aromatic amines is 1. The van der Waals surface area contributed by atoms with E-state index in [-0.39, 0.29) is 17.6 Å². The fourth-order valence-electron chi connectivity index (χ4n) is 6.90. The Balaban J connectivity index is 1.12. The molecule has 1 saturated heterocycles. The summed E-state index contributed by atoms with van der Waals surface area (Å²) in [5.74, 6) is 0.0126. The van der Waals surface area contributed by atoms with Crippen LogP contribution in [0.1, 0.15) is 59.0 Å². The van der Waals surface area contributed by atoms with Crippen LogP contribution in [0, 0.1) is 11.2 Å². The predicted octanol–water partition coefficient (Wildman–Crippen LogP) is 5.31. The molecule has 10 heteroatoms. The van der Waals surface area contributed by atoms with Crippen LogP contribution in [0.25, 0.3) is 22.0 Å². The molecule has 4 heterocycles. The van der Waals surface area contributed by atoms with E-state index in [1.54, 1.807) is 24.1 Å². The first-order chi connectivity index (χ1) is 22.4. The minimum atomic E-state index is -0.531. The quantitative estimate of drug-likeness (QED) is 0.107. The maximum Gasteiger partial charge on any atom is 0.244 e. The molecule has 0 spiro atoms. The van der Waals surface area contributed by atoms with Gasteiger partial charge in [0.05, 0.1) is 24.1 Å². The van der Waals surface area contributed by atoms with Crippen molar-refractivity contribution in [3.63, 3.8) is 0 Å². The van der Waals surface area contributed by atoms with Crippen molar-refractivity contribution in [3.05, 3.63) is 113 Å². The number of hydrogen-bond donors (Lipinski definition) is 4. The van der Waals surface area contributed by atoms with E-state index in [9.17, 15) is 9.18 Å². The fraction of sp³-hybridized carbons (Fsp3) is 0.306. The molecule has 9 nitrogen and oxygen atoms in total. The molecule has 0 aliphatic carbocycles. The lowest BCUT2D eigenvalue weighted by Gasteiger charge is -2.36. The van der Waals surface area contributed by atoms with Gasteiger partial charge >= 0.3 is 0 Å². The third-order valence-corrected chi connectivity index (χ3v) is 9.51. The topological polar surface area (TPSA) is 119 Å².